The van der Waals surface area contributed by atoms with Crippen LogP contribution < -0.4 is 0 Å². The van der Waals surface area contributed by atoms with Crippen LogP contribution in [0.4, 0.5) is 0 Å². The van der Waals surface area contributed by atoms with Gasteiger partial charge in [-0.3, -0.25) is 4.79 Å². The SMILES string of the molecule is CCc1ccsc1C(=O)C1=CCCO1. The molecule has 2 nitrogen and oxygen atoms in total. The van der Waals surface area contributed by atoms with Gasteiger partial charge in [-0.2, -0.15) is 0 Å². The maximum absolute atomic E-state index is 11.9. The molecule has 0 spiro atoms. The number of ether oxygens (including phenoxy) is 1. The standard InChI is InChI=1S/C11H12O2S/c1-2-8-5-7-14-11(8)10(12)9-4-3-6-13-9/h4-5,7H,2-3,6H2,1H3. The third-order valence-corrected chi connectivity index (χ3v) is 3.22. The van der Waals surface area contributed by atoms with E-state index in [9.17, 15) is 4.79 Å². The van der Waals surface area contributed by atoms with Crippen LogP contribution >= 0.6 is 11.3 Å². The lowest BCUT2D eigenvalue weighted by Crippen LogP contribution is -2.04. The quantitative estimate of drug-likeness (QED) is 0.714. The van der Waals surface area contributed by atoms with E-state index in [-0.39, 0.29) is 5.78 Å². The van der Waals surface area contributed by atoms with Crippen LogP contribution in [0.25, 0.3) is 0 Å². The molecule has 0 aromatic carbocycles. The number of aryl methyl sites for hydroxylation is 1. The number of hydrogen-bond donors (Lipinski definition) is 0. The van der Waals surface area contributed by atoms with Gasteiger partial charge in [0.1, 0.15) is 0 Å². The molecule has 0 aliphatic carbocycles. The second-order valence-electron chi connectivity index (χ2n) is 3.16. The van der Waals surface area contributed by atoms with E-state index >= 15 is 0 Å². The van der Waals surface area contributed by atoms with E-state index in [2.05, 4.69) is 6.92 Å². The minimum atomic E-state index is 0.0503. The van der Waals surface area contributed by atoms with Gasteiger partial charge in [-0.15, -0.1) is 11.3 Å². The van der Waals surface area contributed by atoms with Crippen molar-refractivity contribution in [1.29, 1.82) is 0 Å². The van der Waals surface area contributed by atoms with Crippen LogP contribution in [0, 0.1) is 0 Å². The van der Waals surface area contributed by atoms with Gasteiger partial charge in [-0.05, 0) is 29.5 Å². The maximum atomic E-state index is 11.9. The Bertz CT molecular complexity index is 376. The first kappa shape index (κ1) is 9.46. The van der Waals surface area contributed by atoms with Crippen LogP contribution in [0.5, 0.6) is 0 Å². The topological polar surface area (TPSA) is 26.3 Å². The van der Waals surface area contributed by atoms with Gasteiger partial charge in [0.05, 0.1) is 11.5 Å². The summed E-state index contributed by atoms with van der Waals surface area (Å²) >= 11 is 1.50. The largest absolute Gasteiger partial charge is 0.489 e. The molecule has 74 valence electrons. The third kappa shape index (κ3) is 1.60. The van der Waals surface area contributed by atoms with E-state index in [1.54, 1.807) is 0 Å². The summed E-state index contributed by atoms with van der Waals surface area (Å²) in [5, 5.41) is 1.96. The van der Waals surface area contributed by atoms with Crippen LogP contribution in [0.3, 0.4) is 0 Å². The van der Waals surface area contributed by atoms with Crippen LogP contribution in [-0.2, 0) is 11.2 Å². The lowest BCUT2D eigenvalue weighted by atomic mass is 10.1. The molecular formula is C11H12O2S. The number of hydrogen-bond acceptors (Lipinski definition) is 3. The second-order valence-corrected chi connectivity index (χ2v) is 4.08. The van der Waals surface area contributed by atoms with Crippen molar-refractivity contribution in [3.63, 3.8) is 0 Å². The van der Waals surface area contributed by atoms with Gasteiger partial charge in [-0.25, -0.2) is 0 Å². The molecule has 0 saturated heterocycles. The van der Waals surface area contributed by atoms with Crippen LogP contribution in [0.2, 0.25) is 0 Å². The molecule has 0 bridgehead atoms. The van der Waals surface area contributed by atoms with Crippen molar-refractivity contribution in [3.05, 3.63) is 33.7 Å². The van der Waals surface area contributed by atoms with Gasteiger partial charge in [0.15, 0.2) is 5.76 Å². The molecule has 0 fully saturated rings. The molecule has 0 atom stereocenters. The molecule has 0 unspecified atom stereocenters. The molecule has 0 amide bonds. The molecular weight excluding hydrogens is 196 g/mol. The van der Waals surface area contributed by atoms with Crippen LogP contribution in [0.1, 0.15) is 28.6 Å². The van der Waals surface area contributed by atoms with E-state index in [1.807, 2.05) is 17.5 Å². The summed E-state index contributed by atoms with van der Waals surface area (Å²) in [7, 11) is 0. The monoisotopic (exact) mass is 208 g/mol. The van der Waals surface area contributed by atoms with Crippen LogP contribution in [0.15, 0.2) is 23.3 Å². The highest BCUT2D eigenvalue weighted by molar-refractivity contribution is 7.12. The summed E-state index contributed by atoms with van der Waals surface area (Å²) in [6.07, 6.45) is 3.63. The molecule has 0 N–H and O–H groups in total. The van der Waals surface area contributed by atoms with Crippen molar-refractivity contribution >= 4 is 17.1 Å². The Balaban J connectivity index is 2.26. The van der Waals surface area contributed by atoms with Crippen molar-refractivity contribution in [2.24, 2.45) is 0 Å². The fourth-order valence-corrected chi connectivity index (χ4v) is 2.44. The summed E-state index contributed by atoms with van der Waals surface area (Å²) in [6.45, 7) is 2.70. The highest BCUT2D eigenvalue weighted by atomic mass is 32.1. The van der Waals surface area contributed by atoms with Gasteiger partial charge in [0.2, 0.25) is 5.78 Å². The third-order valence-electron chi connectivity index (χ3n) is 2.26. The Morgan fingerprint density at radius 2 is 2.50 bits per heavy atom. The van der Waals surface area contributed by atoms with Crippen molar-refractivity contribution in [1.82, 2.24) is 0 Å². The summed E-state index contributed by atoms with van der Waals surface area (Å²) < 4.78 is 5.26. The van der Waals surface area contributed by atoms with Gasteiger partial charge in [0.25, 0.3) is 0 Å². The lowest BCUT2D eigenvalue weighted by Gasteiger charge is -2.02. The molecule has 1 aliphatic heterocycles. The number of carbonyl (C=O) groups excluding carboxylic acids is 1. The Morgan fingerprint density at radius 1 is 1.64 bits per heavy atom. The van der Waals surface area contributed by atoms with E-state index in [1.165, 1.54) is 11.3 Å². The smallest absolute Gasteiger partial charge is 0.237 e. The first-order valence-corrected chi connectivity index (χ1v) is 5.65. The molecule has 2 heterocycles. The number of rotatable bonds is 3. The van der Waals surface area contributed by atoms with Crippen molar-refractivity contribution in [3.8, 4) is 0 Å². The highest BCUT2D eigenvalue weighted by Gasteiger charge is 2.20. The molecule has 0 saturated carbocycles. The van der Waals surface area contributed by atoms with Crippen molar-refractivity contribution < 1.29 is 9.53 Å². The van der Waals surface area contributed by atoms with Crippen molar-refractivity contribution in [2.75, 3.05) is 6.61 Å². The summed E-state index contributed by atoms with van der Waals surface area (Å²) in [6, 6.07) is 2.01. The Kier molecular flexibility index (Phi) is 2.68. The zero-order chi connectivity index (χ0) is 9.97. The fraction of sp³-hybridized carbons (Fsp3) is 0.364. The minimum Gasteiger partial charge on any atom is -0.489 e. The van der Waals surface area contributed by atoms with Gasteiger partial charge >= 0.3 is 0 Å². The predicted octanol–water partition coefficient (Wildman–Crippen LogP) is 2.80. The molecule has 1 aliphatic rings. The normalized spacial score (nSPS) is 15.1. The van der Waals surface area contributed by atoms with Crippen LogP contribution in [-0.4, -0.2) is 12.4 Å². The summed E-state index contributed by atoms with van der Waals surface area (Å²) in [5.41, 5.74) is 1.12. The highest BCUT2D eigenvalue weighted by Crippen LogP contribution is 2.23. The summed E-state index contributed by atoms with van der Waals surface area (Å²) in [4.78, 5) is 12.7. The number of allylic oxidation sites excluding steroid dienone is 1. The maximum Gasteiger partial charge on any atom is 0.237 e. The zero-order valence-electron chi connectivity index (χ0n) is 8.08. The predicted molar refractivity (Wildman–Crippen MR) is 56.7 cm³/mol. The minimum absolute atomic E-state index is 0.0503. The first-order valence-electron chi connectivity index (χ1n) is 4.77. The van der Waals surface area contributed by atoms with Gasteiger partial charge < -0.3 is 4.74 Å². The zero-order valence-corrected chi connectivity index (χ0v) is 8.89. The molecule has 1 aromatic rings. The Morgan fingerprint density at radius 3 is 3.14 bits per heavy atom. The van der Waals surface area contributed by atoms with E-state index < -0.39 is 0 Å². The first-order chi connectivity index (χ1) is 6.83. The molecule has 2 rings (SSSR count). The number of Topliss-reactive ketones (excluding diaryl/α,β-unsaturated/α-hetero) is 1. The van der Waals surface area contributed by atoms with E-state index in [0.29, 0.717) is 12.4 Å². The van der Waals surface area contributed by atoms with E-state index in [0.717, 1.165) is 23.3 Å². The molecule has 14 heavy (non-hydrogen) atoms. The lowest BCUT2D eigenvalue weighted by molar-refractivity contribution is 0.0945. The molecule has 3 heteroatoms. The Labute approximate surface area is 87.2 Å². The van der Waals surface area contributed by atoms with Gasteiger partial charge in [-0.1, -0.05) is 6.92 Å². The number of carbonyl (C=O) groups is 1. The van der Waals surface area contributed by atoms with Gasteiger partial charge in [0, 0.05) is 6.42 Å². The second kappa shape index (κ2) is 3.96. The fourth-order valence-electron chi connectivity index (χ4n) is 1.50. The Hall–Kier alpha value is -1.09. The number of ketones is 1. The molecule has 0 radical (unpaired) electrons. The van der Waals surface area contributed by atoms with E-state index in [4.69, 9.17) is 4.74 Å². The van der Waals surface area contributed by atoms with Crippen molar-refractivity contribution in [2.45, 2.75) is 19.8 Å². The average molecular weight is 208 g/mol. The summed E-state index contributed by atoms with van der Waals surface area (Å²) in [5.74, 6) is 0.580. The molecule has 1 aromatic heterocycles. The average Bonchev–Trinajstić information content (AvgIpc) is 2.87. The number of thiophene rings is 1.